The molecule has 3 aromatic carbocycles. The predicted molar refractivity (Wildman–Crippen MR) is 191 cm³/mol. The van der Waals surface area contributed by atoms with E-state index in [1.807, 2.05) is 24.5 Å². The maximum absolute atomic E-state index is 4.70. The van der Waals surface area contributed by atoms with Crippen LogP contribution < -0.4 is 0 Å². The number of pyridine rings is 2. The molecule has 2 heterocycles. The van der Waals surface area contributed by atoms with Crippen molar-refractivity contribution in [3.05, 3.63) is 131 Å². The first-order chi connectivity index (χ1) is 21.0. The fraction of sp³-hybridized carbons (Fsp3) is 0.349. The minimum absolute atomic E-state index is 0. The van der Waals surface area contributed by atoms with E-state index in [-0.39, 0.29) is 41.8 Å². The molecule has 1 radical (unpaired) electrons. The maximum Gasteiger partial charge on any atom is 0.0163 e. The van der Waals surface area contributed by atoms with Crippen molar-refractivity contribution in [3.63, 3.8) is 0 Å². The van der Waals surface area contributed by atoms with Gasteiger partial charge in [-0.1, -0.05) is 118 Å². The fourth-order valence-electron chi connectivity index (χ4n) is 6.13. The second-order valence-electron chi connectivity index (χ2n) is 15.9. The Balaban J connectivity index is 0.000000210. The Morgan fingerprint density at radius 3 is 1.70 bits per heavy atom. The van der Waals surface area contributed by atoms with E-state index in [4.69, 9.17) is 4.98 Å². The second-order valence-corrected chi connectivity index (χ2v) is 15.9. The van der Waals surface area contributed by atoms with E-state index >= 15 is 0 Å². The number of fused-ring (bicyclic) bond motifs is 3. The molecule has 2 nitrogen and oxygen atoms in total. The summed E-state index contributed by atoms with van der Waals surface area (Å²) >= 11 is 0. The summed E-state index contributed by atoms with van der Waals surface area (Å²) in [6.45, 7) is 24.7. The first-order valence-electron chi connectivity index (χ1n) is 16.1. The number of rotatable bonds is 2. The molecular weight excluding hydrogens is 737 g/mol. The van der Waals surface area contributed by atoms with E-state index in [0.717, 1.165) is 22.5 Å². The summed E-state index contributed by atoms with van der Waals surface area (Å²) in [4.78, 5) is 9.21. The van der Waals surface area contributed by atoms with Gasteiger partial charge >= 0.3 is 0 Å². The summed E-state index contributed by atoms with van der Waals surface area (Å²) in [6, 6.07) is 34.7. The van der Waals surface area contributed by atoms with Gasteiger partial charge in [-0.3, -0.25) is 0 Å². The van der Waals surface area contributed by atoms with Crippen molar-refractivity contribution in [2.24, 2.45) is 0 Å². The summed E-state index contributed by atoms with van der Waals surface area (Å²) in [7, 11) is 0. The Morgan fingerprint density at radius 1 is 0.565 bits per heavy atom. The first kappa shape index (κ1) is 35.5. The standard InChI is InChI=1S/C24H24N.C19H24N.Ir/c1-23(2,3)16-13-14-25-21(15-16)19-11-8-10-18-17-9-6-7-12-20(17)24(4,5)22(18)19;1-18(2,3)15-9-7-8-14(12-15)17-13-16(10-11-20-17)19(4,5)6;/h6-10,12-15H,1-5H3;7,9-13H,1-6H3;/q2*-1;. The molecule has 6 rings (SSSR count). The summed E-state index contributed by atoms with van der Waals surface area (Å²) in [5.41, 5.74) is 13.9. The average molecular weight is 785 g/mol. The molecule has 0 saturated carbocycles. The number of nitrogens with zero attached hydrogens (tertiary/aromatic N) is 2. The van der Waals surface area contributed by atoms with E-state index in [0.29, 0.717) is 0 Å². The van der Waals surface area contributed by atoms with Crippen molar-refractivity contribution in [3.8, 4) is 33.6 Å². The van der Waals surface area contributed by atoms with Crippen LogP contribution in [0.4, 0.5) is 0 Å². The SMILES string of the molecule is CC(C)(C)c1cc[c-]c(-c2cc(C(C)(C)C)ccn2)c1.CC(C)(C)c1ccnc(-c2[c-]ccc3c2C(C)(C)c2ccccc2-3)c1.[Ir]. The van der Waals surface area contributed by atoms with Gasteiger partial charge in [0, 0.05) is 32.5 Å². The van der Waals surface area contributed by atoms with Gasteiger partial charge in [0.1, 0.15) is 0 Å². The van der Waals surface area contributed by atoms with Crippen LogP contribution in [0.3, 0.4) is 0 Å². The summed E-state index contributed by atoms with van der Waals surface area (Å²) in [6.07, 6.45) is 3.83. The third kappa shape index (κ3) is 7.27. The third-order valence-corrected chi connectivity index (χ3v) is 8.96. The van der Waals surface area contributed by atoms with Crippen LogP contribution in [0.15, 0.2) is 91.3 Å². The molecular formula is C43H48IrN2-2. The number of benzene rings is 3. The molecule has 0 N–H and O–H groups in total. The van der Waals surface area contributed by atoms with Gasteiger partial charge in [-0.05, 0) is 67.4 Å². The zero-order valence-electron chi connectivity index (χ0n) is 29.4. The molecule has 0 atom stereocenters. The molecule has 2 aromatic heterocycles. The van der Waals surface area contributed by atoms with Gasteiger partial charge in [0.15, 0.2) is 0 Å². The first-order valence-corrected chi connectivity index (χ1v) is 16.1. The Hall–Kier alpha value is -3.39. The van der Waals surface area contributed by atoms with Gasteiger partial charge < -0.3 is 9.97 Å². The van der Waals surface area contributed by atoms with E-state index in [1.165, 1.54) is 38.9 Å². The fourth-order valence-corrected chi connectivity index (χ4v) is 6.13. The predicted octanol–water partition coefficient (Wildman–Crippen LogP) is 11.3. The molecule has 0 saturated heterocycles. The molecule has 241 valence electrons. The molecule has 0 unspecified atom stereocenters. The molecule has 0 aliphatic heterocycles. The monoisotopic (exact) mass is 785 g/mol. The number of hydrogen-bond acceptors (Lipinski definition) is 2. The molecule has 0 fully saturated rings. The van der Waals surface area contributed by atoms with Crippen molar-refractivity contribution in [1.29, 1.82) is 0 Å². The maximum atomic E-state index is 4.70. The van der Waals surface area contributed by atoms with Crippen molar-refractivity contribution in [1.82, 2.24) is 9.97 Å². The smallest absolute Gasteiger partial charge is 0.0163 e. The van der Waals surface area contributed by atoms with Crippen LogP contribution >= 0.6 is 0 Å². The minimum Gasteiger partial charge on any atom is -0.305 e. The molecule has 0 bridgehead atoms. The van der Waals surface area contributed by atoms with Crippen LogP contribution in [-0.2, 0) is 41.8 Å². The summed E-state index contributed by atoms with van der Waals surface area (Å²) in [5, 5.41) is 0. The Bertz CT molecular complexity index is 1770. The molecule has 1 aliphatic carbocycles. The van der Waals surface area contributed by atoms with E-state index in [2.05, 4.69) is 160 Å². The van der Waals surface area contributed by atoms with Gasteiger partial charge in [-0.25, -0.2) is 0 Å². The van der Waals surface area contributed by atoms with Crippen molar-refractivity contribution in [2.45, 2.75) is 97.8 Å². The van der Waals surface area contributed by atoms with Crippen LogP contribution in [0.1, 0.15) is 104 Å². The second kappa shape index (κ2) is 13.0. The van der Waals surface area contributed by atoms with E-state index in [1.54, 1.807) is 0 Å². The van der Waals surface area contributed by atoms with Crippen molar-refractivity contribution >= 4 is 0 Å². The van der Waals surface area contributed by atoms with Crippen molar-refractivity contribution in [2.75, 3.05) is 0 Å². The van der Waals surface area contributed by atoms with E-state index < -0.39 is 0 Å². The Kier molecular flexibility index (Phi) is 10.0. The minimum atomic E-state index is -0.0432. The number of hydrogen-bond donors (Lipinski definition) is 0. The molecule has 3 heteroatoms. The van der Waals surface area contributed by atoms with Crippen LogP contribution in [-0.4, -0.2) is 9.97 Å². The average Bonchev–Trinajstić information content (AvgIpc) is 3.23. The van der Waals surface area contributed by atoms with E-state index in [9.17, 15) is 0 Å². The van der Waals surface area contributed by atoms with Gasteiger partial charge in [0.25, 0.3) is 0 Å². The third-order valence-electron chi connectivity index (χ3n) is 8.96. The quantitative estimate of drug-likeness (QED) is 0.167. The Labute approximate surface area is 291 Å². The molecule has 5 aromatic rings. The van der Waals surface area contributed by atoms with Crippen molar-refractivity contribution < 1.29 is 20.1 Å². The van der Waals surface area contributed by atoms with Crippen LogP contribution in [0.25, 0.3) is 33.6 Å². The molecule has 46 heavy (non-hydrogen) atoms. The van der Waals surface area contributed by atoms with Gasteiger partial charge in [0.2, 0.25) is 0 Å². The zero-order chi connectivity index (χ0) is 32.8. The molecule has 1 aliphatic rings. The molecule has 0 amide bonds. The number of aromatic nitrogens is 2. The van der Waals surface area contributed by atoms with Crippen LogP contribution in [0.2, 0.25) is 0 Å². The van der Waals surface area contributed by atoms with Gasteiger partial charge in [-0.15, -0.1) is 64.7 Å². The topological polar surface area (TPSA) is 25.8 Å². The summed E-state index contributed by atoms with van der Waals surface area (Å²) < 4.78 is 0. The zero-order valence-corrected chi connectivity index (χ0v) is 31.8. The van der Waals surface area contributed by atoms with Crippen LogP contribution in [0.5, 0.6) is 0 Å². The molecule has 0 spiro atoms. The summed E-state index contributed by atoms with van der Waals surface area (Å²) in [5.74, 6) is 0. The van der Waals surface area contributed by atoms with Crippen LogP contribution in [0, 0.1) is 12.1 Å². The normalized spacial score (nSPS) is 13.5. The Morgan fingerprint density at radius 2 is 1.09 bits per heavy atom. The van der Waals surface area contributed by atoms with Gasteiger partial charge in [0.05, 0.1) is 0 Å². The van der Waals surface area contributed by atoms with Gasteiger partial charge in [-0.2, -0.15) is 0 Å². The largest absolute Gasteiger partial charge is 0.305 e.